The molecule has 0 N–H and O–H groups in total. The highest BCUT2D eigenvalue weighted by atomic mass is 16.5. The summed E-state index contributed by atoms with van der Waals surface area (Å²) in [5, 5.41) is 9.47. The van der Waals surface area contributed by atoms with Gasteiger partial charge in [-0.25, -0.2) is 9.36 Å². The van der Waals surface area contributed by atoms with E-state index in [2.05, 4.69) is 0 Å². The molecule has 0 amide bonds. The van der Waals surface area contributed by atoms with Crippen LogP contribution in [0.5, 0.6) is 11.8 Å². The number of hydrogen-bond donors (Lipinski definition) is 0. The Morgan fingerprint density at radius 1 is 0.750 bits per heavy atom. The highest BCUT2D eigenvalue weighted by Gasteiger charge is 2.38. The lowest BCUT2D eigenvalue weighted by Gasteiger charge is -2.24. The largest absolute Gasteiger partial charge is 0.420 e. The fourth-order valence-electron chi connectivity index (χ4n) is 3.80. The number of methoxy groups -OCH3 is 1. The second kappa shape index (κ2) is 6.35. The summed E-state index contributed by atoms with van der Waals surface area (Å²) in [6.07, 6.45) is -0.284. The van der Waals surface area contributed by atoms with Crippen LogP contribution in [0.4, 0.5) is 0 Å². The molecule has 28 heavy (non-hydrogen) atoms. The lowest BCUT2D eigenvalue weighted by molar-refractivity contribution is 0.124. The van der Waals surface area contributed by atoms with E-state index in [1.807, 2.05) is 83.9 Å². The fourth-order valence-corrected chi connectivity index (χ4v) is 3.80. The van der Waals surface area contributed by atoms with Crippen molar-refractivity contribution in [3.05, 3.63) is 83.2 Å². The fraction of sp³-hybridized carbons (Fsp3) is 0.182. The van der Waals surface area contributed by atoms with Crippen molar-refractivity contribution in [3.63, 3.8) is 0 Å². The predicted molar refractivity (Wildman–Crippen MR) is 106 cm³/mol. The van der Waals surface area contributed by atoms with Gasteiger partial charge in [-0.1, -0.05) is 36.4 Å². The van der Waals surface area contributed by atoms with E-state index in [-0.39, 0.29) is 6.10 Å². The Labute approximate surface area is 162 Å². The first kappa shape index (κ1) is 16.8. The summed E-state index contributed by atoms with van der Waals surface area (Å²) < 4.78 is 16.0. The molecule has 0 saturated carbocycles. The number of fused-ring (bicyclic) bond motifs is 2. The third-order valence-corrected chi connectivity index (χ3v) is 5.08. The van der Waals surface area contributed by atoms with E-state index in [1.165, 1.54) is 0 Å². The smallest absolute Gasteiger partial charge is 0.231 e. The monoisotopic (exact) mass is 372 g/mol. The van der Waals surface area contributed by atoms with Crippen LogP contribution < -0.4 is 4.74 Å². The van der Waals surface area contributed by atoms with Gasteiger partial charge in [0.2, 0.25) is 11.8 Å². The standard InChI is InChI=1S/C22H20N4O2/c1-14-18-20(27-3)19-15(2)24-26(17-12-8-5-9-13-17)22(19)28-21(18)25(23-14)16-10-6-4-7-11-16/h4-13,20H,1-3H3. The summed E-state index contributed by atoms with van der Waals surface area (Å²) in [7, 11) is 1.71. The molecular weight excluding hydrogens is 352 g/mol. The third kappa shape index (κ3) is 2.38. The van der Waals surface area contributed by atoms with E-state index < -0.39 is 0 Å². The molecule has 2 aromatic heterocycles. The minimum Gasteiger partial charge on any atom is -0.420 e. The lowest BCUT2D eigenvalue weighted by Crippen LogP contribution is -2.14. The second-order valence-corrected chi connectivity index (χ2v) is 6.82. The number of benzene rings is 2. The Morgan fingerprint density at radius 2 is 1.18 bits per heavy atom. The van der Waals surface area contributed by atoms with Crippen LogP contribution in [0.15, 0.2) is 60.7 Å². The average Bonchev–Trinajstić information content (AvgIpc) is 3.25. The van der Waals surface area contributed by atoms with Gasteiger partial charge in [0, 0.05) is 7.11 Å². The van der Waals surface area contributed by atoms with Crippen LogP contribution >= 0.6 is 0 Å². The molecule has 0 aliphatic carbocycles. The number of rotatable bonds is 3. The molecule has 1 aliphatic heterocycles. The van der Waals surface area contributed by atoms with Crippen molar-refractivity contribution in [3.8, 4) is 23.1 Å². The third-order valence-electron chi connectivity index (χ3n) is 5.08. The van der Waals surface area contributed by atoms with Crippen molar-refractivity contribution in [1.82, 2.24) is 19.6 Å². The number of hydrogen-bond acceptors (Lipinski definition) is 4. The van der Waals surface area contributed by atoms with Crippen molar-refractivity contribution in [1.29, 1.82) is 0 Å². The van der Waals surface area contributed by atoms with Gasteiger partial charge in [-0.2, -0.15) is 10.2 Å². The van der Waals surface area contributed by atoms with Crippen LogP contribution in [0.3, 0.4) is 0 Å². The van der Waals surface area contributed by atoms with Crippen LogP contribution in [-0.2, 0) is 4.74 Å². The molecule has 0 unspecified atom stereocenters. The van der Waals surface area contributed by atoms with Gasteiger partial charge in [0.15, 0.2) is 0 Å². The molecule has 0 radical (unpaired) electrons. The number of aromatic nitrogens is 4. The Hall–Kier alpha value is -3.38. The van der Waals surface area contributed by atoms with Gasteiger partial charge in [0.05, 0.1) is 33.9 Å². The molecule has 0 bridgehead atoms. The van der Waals surface area contributed by atoms with Crippen LogP contribution in [0.1, 0.15) is 28.6 Å². The molecule has 1 aliphatic rings. The van der Waals surface area contributed by atoms with E-state index in [4.69, 9.17) is 19.7 Å². The molecule has 0 saturated heterocycles. The van der Waals surface area contributed by atoms with Crippen molar-refractivity contribution in [2.75, 3.05) is 7.11 Å². The first-order valence-corrected chi connectivity index (χ1v) is 9.19. The molecule has 6 heteroatoms. The average molecular weight is 372 g/mol. The van der Waals surface area contributed by atoms with Crippen LogP contribution in [0.25, 0.3) is 11.4 Å². The number of ether oxygens (including phenoxy) is 2. The summed E-state index contributed by atoms with van der Waals surface area (Å²) in [4.78, 5) is 0. The maximum atomic E-state index is 6.44. The lowest BCUT2D eigenvalue weighted by atomic mass is 10.00. The molecule has 3 heterocycles. The van der Waals surface area contributed by atoms with Crippen molar-refractivity contribution in [2.45, 2.75) is 20.0 Å². The highest BCUT2D eigenvalue weighted by Crippen LogP contribution is 2.48. The normalized spacial score (nSPS) is 13.1. The molecule has 4 aromatic rings. The first-order valence-electron chi connectivity index (χ1n) is 9.19. The summed E-state index contributed by atoms with van der Waals surface area (Å²) in [6, 6.07) is 19.9. The maximum absolute atomic E-state index is 6.44. The van der Waals surface area contributed by atoms with Crippen LogP contribution in [0.2, 0.25) is 0 Å². The summed E-state index contributed by atoms with van der Waals surface area (Å²) >= 11 is 0. The Kier molecular flexibility index (Phi) is 3.80. The van der Waals surface area contributed by atoms with Crippen LogP contribution in [-0.4, -0.2) is 26.7 Å². The molecular formula is C22H20N4O2. The van der Waals surface area contributed by atoms with Gasteiger partial charge in [0.25, 0.3) is 0 Å². The molecule has 6 nitrogen and oxygen atoms in total. The molecule has 0 atom stereocenters. The van der Waals surface area contributed by atoms with Crippen molar-refractivity contribution in [2.24, 2.45) is 0 Å². The topological polar surface area (TPSA) is 54.1 Å². The quantitative estimate of drug-likeness (QED) is 0.531. The van der Waals surface area contributed by atoms with E-state index in [0.29, 0.717) is 11.8 Å². The molecule has 0 fully saturated rings. The molecule has 0 spiro atoms. The number of aryl methyl sites for hydroxylation is 2. The summed E-state index contributed by atoms with van der Waals surface area (Å²) in [5.74, 6) is 1.33. The summed E-state index contributed by atoms with van der Waals surface area (Å²) in [6.45, 7) is 3.96. The molecule has 140 valence electrons. The van der Waals surface area contributed by atoms with E-state index >= 15 is 0 Å². The number of nitrogens with zero attached hydrogens (tertiary/aromatic N) is 4. The predicted octanol–water partition coefficient (Wildman–Crippen LogP) is 4.52. The van der Waals surface area contributed by atoms with Crippen LogP contribution in [0, 0.1) is 13.8 Å². The maximum Gasteiger partial charge on any atom is 0.231 e. The second-order valence-electron chi connectivity index (χ2n) is 6.82. The zero-order chi connectivity index (χ0) is 19.3. The summed E-state index contributed by atoms with van der Waals surface area (Å²) in [5.41, 5.74) is 5.51. The van der Waals surface area contributed by atoms with Gasteiger partial charge in [-0.05, 0) is 38.1 Å². The Morgan fingerprint density at radius 3 is 1.57 bits per heavy atom. The number of para-hydroxylation sites is 2. The Bertz CT molecular complexity index is 1060. The van der Waals surface area contributed by atoms with Crippen molar-refractivity contribution >= 4 is 0 Å². The SMILES string of the molecule is COC1c2c(C)nn(-c3ccccc3)c2Oc2c1c(C)nn2-c1ccccc1. The van der Waals surface area contributed by atoms with Gasteiger partial charge in [0.1, 0.15) is 6.10 Å². The zero-order valence-electron chi connectivity index (χ0n) is 16.0. The van der Waals surface area contributed by atoms with E-state index in [0.717, 1.165) is 33.9 Å². The first-order chi connectivity index (χ1) is 13.7. The van der Waals surface area contributed by atoms with E-state index in [9.17, 15) is 0 Å². The highest BCUT2D eigenvalue weighted by molar-refractivity contribution is 5.55. The van der Waals surface area contributed by atoms with E-state index in [1.54, 1.807) is 7.11 Å². The Balaban J connectivity index is 1.74. The van der Waals surface area contributed by atoms with Gasteiger partial charge < -0.3 is 9.47 Å². The van der Waals surface area contributed by atoms with Gasteiger partial charge in [-0.15, -0.1) is 0 Å². The molecule has 5 rings (SSSR count). The minimum absolute atomic E-state index is 0.284. The van der Waals surface area contributed by atoms with Gasteiger partial charge >= 0.3 is 0 Å². The minimum atomic E-state index is -0.284. The molecule has 2 aromatic carbocycles. The van der Waals surface area contributed by atoms with Gasteiger partial charge in [-0.3, -0.25) is 0 Å². The zero-order valence-corrected chi connectivity index (χ0v) is 16.0. The van der Waals surface area contributed by atoms with Crippen molar-refractivity contribution < 1.29 is 9.47 Å².